The molecule has 0 atom stereocenters. The molecule has 0 aliphatic rings. The van der Waals surface area contributed by atoms with Gasteiger partial charge in [-0.1, -0.05) is 140 Å². The highest BCUT2D eigenvalue weighted by Gasteiger charge is 2.13. The monoisotopic (exact) mass is 588 g/mol. The van der Waals surface area contributed by atoms with Crippen molar-refractivity contribution in [3.8, 4) is 67.7 Å². The van der Waals surface area contributed by atoms with E-state index >= 15 is 0 Å². The highest BCUT2D eigenvalue weighted by Crippen LogP contribution is 2.36. The first kappa shape index (κ1) is 27.3. The van der Waals surface area contributed by atoms with Crippen molar-refractivity contribution in [3.05, 3.63) is 170 Å². The van der Waals surface area contributed by atoms with Crippen LogP contribution in [0.15, 0.2) is 170 Å². The molecule has 0 aliphatic heterocycles. The average molecular weight is 589 g/mol. The van der Waals surface area contributed by atoms with Gasteiger partial charge in [0.15, 0.2) is 17.5 Å². The SMILES string of the molecule is c1ccc(-c2nc(-c3ccccc3)nc(-c3ccc(-c4cc(-c5ccc(-c6ccccn6)cc5)c5ccccc5c4)cc3)n2)cc1. The molecule has 0 unspecified atom stereocenters. The molecule has 4 nitrogen and oxygen atoms in total. The summed E-state index contributed by atoms with van der Waals surface area (Å²) in [6.45, 7) is 0. The third-order valence-corrected chi connectivity index (χ3v) is 8.19. The summed E-state index contributed by atoms with van der Waals surface area (Å²) < 4.78 is 0. The summed E-state index contributed by atoms with van der Waals surface area (Å²) in [5.74, 6) is 1.95. The summed E-state index contributed by atoms with van der Waals surface area (Å²) >= 11 is 0. The molecule has 0 spiro atoms. The largest absolute Gasteiger partial charge is 0.256 e. The smallest absolute Gasteiger partial charge is 0.164 e. The van der Waals surface area contributed by atoms with E-state index < -0.39 is 0 Å². The lowest BCUT2D eigenvalue weighted by molar-refractivity contribution is 1.07. The highest BCUT2D eigenvalue weighted by molar-refractivity contribution is 6.00. The first-order valence-corrected chi connectivity index (χ1v) is 15.3. The molecule has 46 heavy (non-hydrogen) atoms. The summed E-state index contributed by atoms with van der Waals surface area (Å²) in [5, 5.41) is 2.42. The van der Waals surface area contributed by atoms with Gasteiger partial charge >= 0.3 is 0 Å². The second-order valence-electron chi connectivity index (χ2n) is 11.2. The van der Waals surface area contributed by atoms with Crippen molar-refractivity contribution in [2.24, 2.45) is 0 Å². The predicted octanol–water partition coefficient (Wildman–Crippen LogP) is 10.4. The zero-order chi connectivity index (χ0) is 30.7. The van der Waals surface area contributed by atoms with E-state index in [1.54, 1.807) is 0 Å². The second kappa shape index (κ2) is 12.0. The molecule has 0 bridgehead atoms. The first-order valence-electron chi connectivity index (χ1n) is 15.3. The van der Waals surface area contributed by atoms with Crippen LogP contribution in [0.5, 0.6) is 0 Å². The van der Waals surface area contributed by atoms with Crippen LogP contribution >= 0.6 is 0 Å². The quantitative estimate of drug-likeness (QED) is 0.194. The number of rotatable bonds is 6. The van der Waals surface area contributed by atoms with E-state index in [1.165, 1.54) is 21.9 Å². The van der Waals surface area contributed by atoms with Gasteiger partial charge in [0, 0.05) is 28.5 Å². The fourth-order valence-electron chi connectivity index (χ4n) is 5.82. The lowest BCUT2D eigenvalue weighted by Gasteiger charge is -2.13. The predicted molar refractivity (Wildman–Crippen MR) is 188 cm³/mol. The van der Waals surface area contributed by atoms with Crippen LogP contribution < -0.4 is 0 Å². The average Bonchev–Trinajstić information content (AvgIpc) is 3.15. The molecule has 6 aromatic carbocycles. The molecule has 2 aromatic heterocycles. The van der Waals surface area contributed by atoms with Crippen molar-refractivity contribution >= 4 is 10.8 Å². The normalized spacial score (nSPS) is 11.0. The second-order valence-corrected chi connectivity index (χ2v) is 11.2. The lowest BCUT2D eigenvalue weighted by atomic mass is 9.92. The van der Waals surface area contributed by atoms with Gasteiger partial charge in [0.2, 0.25) is 0 Å². The molecule has 0 N–H and O–H groups in total. The fraction of sp³-hybridized carbons (Fsp3) is 0. The fourth-order valence-corrected chi connectivity index (χ4v) is 5.82. The van der Waals surface area contributed by atoms with Crippen LogP contribution in [-0.2, 0) is 0 Å². The number of aromatic nitrogens is 4. The molecule has 0 aliphatic carbocycles. The van der Waals surface area contributed by atoms with Crippen LogP contribution in [0.3, 0.4) is 0 Å². The standard InChI is InChI=1S/C42H28N4/c1-3-11-32(12-4-1)40-44-41(33-13-5-2-6-14-33)46-42(45-40)34-24-18-29(19-25-34)36-27-35-15-7-8-16-37(35)38(28-36)30-20-22-31(23-21-30)39-17-9-10-26-43-39/h1-28H. The van der Waals surface area contributed by atoms with Crippen molar-refractivity contribution in [1.82, 2.24) is 19.9 Å². The van der Waals surface area contributed by atoms with E-state index in [0.717, 1.165) is 39.1 Å². The van der Waals surface area contributed by atoms with Crippen molar-refractivity contribution in [3.63, 3.8) is 0 Å². The molecule has 0 saturated heterocycles. The van der Waals surface area contributed by atoms with Crippen LogP contribution in [0.2, 0.25) is 0 Å². The number of pyridine rings is 1. The van der Waals surface area contributed by atoms with E-state index in [-0.39, 0.29) is 0 Å². The Hall–Kier alpha value is -6.26. The molecule has 216 valence electrons. The van der Waals surface area contributed by atoms with Gasteiger partial charge < -0.3 is 0 Å². The third kappa shape index (κ3) is 5.44. The minimum atomic E-state index is 0.645. The molecule has 0 fully saturated rings. The van der Waals surface area contributed by atoms with Gasteiger partial charge in [-0.25, -0.2) is 15.0 Å². The van der Waals surface area contributed by atoms with E-state index in [9.17, 15) is 0 Å². The molecule has 0 amide bonds. The molecule has 8 rings (SSSR count). The van der Waals surface area contributed by atoms with Crippen LogP contribution in [0, 0.1) is 0 Å². The highest BCUT2D eigenvalue weighted by atomic mass is 15.0. The zero-order valence-corrected chi connectivity index (χ0v) is 25.0. The van der Waals surface area contributed by atoms with Crippen LogP contribution in [-0.4, -0.2) is 19.9 Å². The Kier molecular flexibility index (Phi) is 7.14. The Bertz CT molecular complexity index is 2210. The molecule has 8 aromatic rings. The minimum absolute atomic E-state index is 0.645. The number of benzene rings is 6. The Labute approximate surface area is 267 Å². The van der Waals surface area contributed by atoms with E-state index in [2.05, 4.69) is 89.9 Å². The Morgan fingerprint density at radius 1 is 0.326 bits per heavy atom. The Morgan fingerprint density at radius 3 is 1.43 bits per heavy atom. The van der Waals surface area contributed by atoms with Gasteiger partial charge in [0.05, 0.1) is 5.69 Å². The van der Waals surface area contributed by atoms with Crippen molar-refractivity contribution in [2.45, 2.75) is 0 Å². The number of fused-ring (bicyclic) bond motifs is 1. The first-order chi connectivity index (χ1) is 22.8. The van der Waals surface area contributed by atoms with Crippen molar-refractivity contribution in [2.75, 3.05) is 0 Å². The van der Waals surface area contributed by atoms with Crippen molar-refractivity contribution in [1.29, 1.82) is 0 Å². The maximum Gasteiger partial charge on any atom is 0.164 e. The van der Waals surface area contributed by atoms with Gasteiger partial charge in [-0.15, -0.1) is 0 Å². The lowest BCUT2D eigenvalue weighted by Crippen LogP contribution is -2.00. The van der Waals surface area contributed by atoms with E-state index in [4.69, 9.17) is 15.0 Å². The maximum absolute atomic E-state index is 4.90. The topological polar surface area (TPSA) is 51.6 Å². The minimum Gasteiger partial charge on any atom is -0.256 e. The summed E-state index contributed by atoms with van der Waals surface area (Å²) in [6.07, 6.45) is 1.83. The molecule has 0 saturated carbocycles. The third-order valence-electron chi connectivity index (χ3n) is 8.19. The molecule has 2 heterocycles. The van der Waals surface area contributed by atoms with Gasteiger partial charge in [-0.2, -0.15) is 0 Å². The summed E-state index contributed by atoms with van der Waals surface area (Å²) in [7, 11) is 0. The van der Waals surface area contributed by atoms with Crippen LogP contribution in [0.4, 0.5) is 0 Å². The number of hydrogen-bond donors (Lipinski definition) is 0. The number of hydrogen-bond acceptors (Lipinski definition) is 4. The summed E-state index contributed by atoms with van der Waals surface area (Å²) in [4.78, 5) is 19.1. The van der Waals surface area contributed by atoms with Crippen molar-refractivity contribution < 1.29 is 0 Å². The Morgan fingerprint density at radius 2 is 0.826 bits per heavy atom. The summed E-state index contributed by atoms with van der Waals surface area (Å²) in [6, 6.07) is 56.4. The van der Waals surface area contributed by atoms with E-state index in [0.29, 0.717) is 17.5 Å². The van der Waals surface area contributed by atoms with Crippen LogP contribution in [0.25, 0.3) is 78.4 Å². The molecule has 4 heteroatoms. The van der Waals surface area contributed by atoms with Gasteiger partial charge in [-0.05, 0) is 57.3 Å². The Balaban J connectivity index is 1.18. The summed E-state index contributed by atoms with van der Waals surface area (Å²) in [5.41, 5.74) is 9.56. The molecular formula is C42H28N4. The number of nitrogens with zero attached hydrogens (tertiary/aromatic N) is 4. The molecular weight excluding hydrogens is 560 g/mol. The van der Waals surface area contributed by atoms with Gasteiger partial charge in [0.25, 0.3) is 0 Å². The molecule has 0 radical (unpaired) electrons. The van der Waals surface area contributed by atoms with Gasteiger partial charge in [0.1, 0.15) is 0 Å². The van der Waals surface area contributed by atoms with E-state index in [1.807, 2.05) is 85.1 Å². The maximum atomic E-state index is 4.90. The van der Waals surface area contributed by atoms with Crippen LogP contribution in [0.1, 0.15) is 0 Å². The zero-order valence-electron chi connectivity index (χ0n) is 25.0. The van der Waals surface area contributed by atoms with Gasteiger partial charge in [-0.3, -0.25) is 4.98 Å².